The van der Waals surface area contributed by atoms with E-state index in [-0.39, 0.29) is 21.8 Å². The third-order valence-corrected chi connectivity index (χ3v) is 6.97. The molecular weight excluding hydrogens is 536 g/mol. The van der Waals surface area contributed by atoms with E-state index in [2.05, 4.69) is 21.2 Å². The lowest BCUT2D eigenvalue weighted by Gasteiger charge is -2.27. The molecule has 1 heterocycles. The molecule has 0 bridgehead atoms. The Balaban J connectivity index is 1.72. The van der Waals surface area contributed by atoms with E-state index in [1.807, 2.05) is 6.92 Å². The van der Waals surface area contributed by atoms with Crippen molar-refractivity contribution in [1.29, 1.82) is 0 Å². The lowest BCUT2D eigenvalue weighted by atomic mass is 10.1. The van der Waals surface area contributed by atoms with Gasteiger partial charge in [0.05, 0.1) is 5.69 Å². The molecule has 0 spiro atoms. The zero-order valence-corrected chi connectivity index (χ0v) is 21.0. The van der Waals surface area contributed by atoms with E-state index < -0.39 is 28.0 Å². The zero-order valence-electron chi connectivity index (χ0n) is 18.6. The van der Waals surface area contributed by atoms with Crippen LogP contribution in [0.15, 0.2) is 81.7 Å². The number of para-hydroxylation sites is 1. The molecule has 8 nitrogen and oxygen atoms in total. The van der Waals surface area contributed by atoms with Crippen molar-refractivity contribution in [2.45, 2.75) is 18.7 Å². The van der Waals surface area contributed by atoms with Crippen molar-refractivity contribution in [3.05, 3.63) is 93.5 Å². The van der Waals surface area contributed by atoms with E-state index >= 15 is 0 Å². The number of hydrogen-bond donors (Lipinski definition) is 1. The Kier molecular flexibility index (Phi) is 6.60. The van der Waals surface area contributed by atoms with Gasteiger partial charge in [0.1, 0.15) is 16.2 Å². The SMILES string of the molecule is Cc1ccc(S(=O)(=O)Oc2ccccc2/C=C2/C(=O)NC(=O)N(c3ccc(Br)cc3C)C2=O)cc1. The van der Waals surface area contributed by atoms with E-state index in [0.29, 0.717) is 11.3 Å². The number of aryl methyl sites for hydroxylation is 2. The molecule has 1 saturated heterocycles. The Hall–Kier alpha value is -3.76. The number of carbonyl (C=O) groups is 3. The minimum atomic E-state index is -4.18. The van der Waals surface area contributed by atoms with Gasteiger partial charge in [-0.2, -0.15) is 8.42 Å². The molecule has 0 aromatic heterocycles. The van der Waals surface area contributed by atoms with Crippen molar-refractivity contribution in [1.82, 2.24) is 5.32 Å². The van der Waals surface area contributed by atoms with Gasteiger partial charge in [-0.15, -0.1) is 0 Å². The fourth-order valence-corrected chi connectivity index (χ4v) is 4.88. The van der Waals surface area contributed by atoms with E-state index in [4.69, 9.17) is 4.18 Å². The zero-order chi connectivity index (χ0) is 25.3. The average Bonchev–Trinajstić information content (AvgIpc) is 2.79. The number of rotatable bonds is 5. The molecule has 178 valence electrons. The van der Waals surface area contributed by atoms with Gasteiger partial charge >= 0.3 is 16.1 Å². The third-order valence-electron chi connectivity index (χ3n) is 5.23. The Bertz CT molecular complexity index is 1500. The van der Waals surface area contributed by atoms with Crippen molar-refractivity contribution >= 4 is 55.7 Å². The lowest BCUT2D eigenvalue weighted by molar-refractivity contribution is -0.122. The maximum absolute atomic E-state index is 13.2. The Morgan fingerprint density at radius 2 is 1.63 bits per heavy atom. The second kappa shape index (κ2) is 9.47. The molecule has 0 unspecified atom stereocenters. The second-order valence-corrected chi connectivity index (χ2v) is 10.2. The average molecular weight is 555 g/mol. The van der Waals surface area contributed by atoms with Crippen LogP contribution in [0.1, 0.15) is 16.7 Å². The third kappa shape index (κ3) is 5.03. The van der Waals surface area contributed by atoms with Gasteiger partial charge in [-0.25, -0.2) is 9.69 Å². The predicted molar refractivity (Wildman–Crippen MR) is 133 cm³/mol. The van der Waals surface area contributed by atoms with Crippen LogP contribution in [0.5, 0.6) is 5.75 Å². The topological polar surface area (TPSA) is 110 Å². The molecule has 0 atom stereocenters. The molecule has 3 aromatic rings. The predicted octanol–water partition coefficient (Wildman–Crippen LogP) is 4.50. The normalized spacial score (nSPS) is 15.3. The number of carbonyl (C=O) groups excluding carboxylic acids is 3. The minimum Gasteiger partial charge on any atom is -0.378 e. The van der Waals surface area contributed by atoms with E-state index in [0.717, 1.165) is 14.9 Å². The van der Waals surface area contributed by atoms with Crippen molar-refractivity contribution in [3.8, 4) is 5.75 Å². The number of hydrogen-bond acceptors (Lipinski definition) is 6. The van der Waals surface area contributed by atoms with Crippen molar-refractivity contribution in [2.24, 2.45) is 0 Å². The Morgan fingerprint density at radius 3 is 2.31 bits per heavy atom. The summed E-state index contributed by atoms with van der Waals surface area (Å²) in [7, 11) is -4.18. The largest absolute Gasteiger partial charge is 0.378 e. The van der Waals surface area contributed by atoms with Crippen LogP contribution in [0.2, 0.25) is 0 Å². The van der Waals surface area contributed by atoms with E-state index in [9.17, 15) is 22.8 Å². The number of anilines is 1. The van der Waals surface area contributed by atoms with Crippen molar-refractivity contribution < 1.29 is 27.0 Å². The lowest BCUT2D eigenvalue weighted by Crippen LogP contribution is -2.54. The van der Waals surface area contributed by atoms with Crippen LogP contribution < -0.4 is 14.4 Å². The summed E-state index contributed by atoms with van der Waals surface area (Å²) in [6.07, 6.45) is 1.20. The highest BCUT2D eigenvalue weighted by molar-refractivity contribution is 9.10. The van der Waals surface area contributed by atoms with Crippen LogP contribution >= 0.6 is 15.9 Å². The number of imide groups is 2. The fourth-order valence-electron chi connectivity index (χ4n) is 3.45. The number of benzene rings is 3. The summed E-state index contributed by atoms with van der Waals surface area (Å²) in [5, 5.41) is 2.16. The second-order valence-electron chi connectivity index (χ2n) is 7.78. The number of barbiturate groups is 1. The summed E-state index contributed by atoms with van der Waals surface area (Å²) in [6, 6.07) is 16.3. The molecule has 0 radical (unpaired) electrons. The fraction of sp³-hybridized carbons (Fsp3) is 0.0800. The smallest absolute Gasteiger partial charge is 0.339 e. The highest BCUT2D eigenvalue weighted by Crippen LogP contribution is 2.30. The number of urea groups is 1. The molecule has 4 amide bonds. The maximum Gasteiger partial charge on any atom is 0.339 e. The van der Waals surface area contributed by atoms with Crippen LogP contribution in [0.25, 0.3) is 6.08 Å². The molecule has 3 aromatic carbocycles. The molecule has 1 fully saturated rings. The minimum absolute atomic E-state index is 0.0421. The summed E-state index contributed by atoms with van der Waals surface area (Å²) in [5.41, 5.74) is 1.64. The van der Waals surface area contributed by atoms with Crippen LogP contribution in [0.4, 0.5) is 10.5 Å². The summed E-state index contributed by atoms with van der Waals surface area (Å²) in [4.78, 5) is 39.2. The highest BCUT2D eigenvalue weighted by Gasteiger charge is 2.37. The van der Waals surface area contributed by atoms with Gasteiger partial charge in [0.2, 0.25) is 0 Å². The summed E-state index contributed by atoms with van der Waals surface area (Å²) in [5.74, 6) is -1.83. The molecule has 1 aliphatic rings. The van der Waals surface area contributed by atoms with Crippen LogP contribution in [0.3, 0.4) is 0 Å². The number of nitrogens with one attached hydrogen (secondary N) is 1. The molecule has 0 aliphatic carbocycles. The van der Waals surface area contributed by atoms with Crippen LogP contribution in [-0.4, -0.2) is 26.3 Å². The maximum atomic E-state index is 13.2. The standard InChI is InChI=1S/C25H19BrN2O6S/c1-15-7-10-19(11-8-15)35(32,33)34-22-6-4-3-5-17(22)14-20-23(29)27-25(31)28(24(20)30)21-12-9-18(26)13-16(21)2/h3-14H,1-2H3,(H,27,29,31)/b20-14-. The quantitative estimate of drug-likeness (QED) is 0.282. The Morgan fingerprint density at radius 1 is 0.943 bits per heavy atom. The van der Waals surface area contributed by atoms with Crippen molar-refractivity contribution in [3.63, 3.8) is 0 Å². The van der Waals surface area contributed by atoms with Gasteiger partial charge < -0.3 is 4.18 Å². The van der Waals surface area contributed by atoms with Gasteiger partial charge in [-0.05, 0) is 61.9 Å². The van der Waals surface area contributed by atoms with Crippen LogP contribution in [-0.2, 0) is 19.7 Å². The summed E-state index contributed by atoms with van der Waals surface area (Å²) in [6.45, 7) is 3.55. The first-order chi connectivity index (χ1) is 16.6. The highest BCUT2D eigenvalue weighted by atomic mass is 79.9. The molecule has 1 aliphatic heterocycles. The van der Waals surface area contributed by atoms with Gasteiger partial charge in [0.25, 0.3) is 11.8 Å². The number of amides is 4. The summed E-state index contributed by atoms with van der Waals surface area (Å²) >= 11 is 3.34. The first kappa shape index (κ1) is 24.4. The van der Waals surface area contributed by atoms with Gasteiger partial charge in [0.15, 0.2) is 0 Å². The molecule has 4 rings (SSSR count). The number of nitrogens with zero attached hydrogens (tertiary/aromatic N) is 1. The van der Waals surface area contributed by atoms with Gasteiger partial charge in [0, 0.05) is 10.0 Å². The van der Waals surface area contributed by atoms with Crippen LogP contribution in [0, 0.1) is 13.8 Å². The molecule has 1 N–H and O–H groups in total. The first-order valence-electron chi connectivity index (χ1n) is 10.3. The van der Waals surface area contributed by atoms with E-state index in [1.165, 1.54) is 30.3 Å². The van der Waals surface area contributed by atoms with E-state index in [1.54, 1.807) is 49.4 Å². The molecular formula is C25H19BrN2O6S. The van der Waals surface area contributed by atoms with Crippen molar-refractivity contribution in [2.75, 3.05) is 4.90 Å². The van der Waals surface area contributed by atoms with Gasteiger partial charge in [-0.3, -0.25) is 14.9 Å². The monoisotopic (exact) mass is 554 g/mol. The molecule has 35 heavy (non-hydrogen) atoms. The van der Waals surface area contributed by atoms with Gasteiger partial charge in [-0.1, -0.05) is 51.8 Å². The summed E-state index contributed by atoms with van der Waals surface area (Å²) < 4.78 is 31.7. The molecule has 0 saturated carbocycles. The number of halogens is 1. The molecule has 10 heteroatoms. The first-order valence-corrected chi connectivity index (χ1v) is 12.5. The Labute approximate surface area is 210 Å².